The first kappa shape index (κ1) is 23.9. The molecule has 9 unspecified atom stereocenters. The van der Waals surface area contributed by atoms with E-state index in [1.54, 1.807) is 6.92 Å². The van der Waals surface area contributed by atoms with Crippen LogP contribution in [0.1, 0.15) is 13.8 Å². The number of ether oxygens (including phenoxy) is 4. The number of carbonyl (C=O) groups is 2. The van der Waals surface area contributed by atoms with Crippen LogP contribution in [0.25, 0.3) is 0 Å². The fraction of sp³-hybridized carbons (Fsp3) is 0.875. The van der Waals surface area contributed by atoms with Crippen molar-refractivity contribution in [3.8, 4) is 0 Å². The molecule has 0 bridgehead atoms. The predicted octanol–water partition coefficient (Wildman–Crippen LogP) is -4.10. The summed E-state index contributed by atoms with van der Waals surface area (Å²) in [5, 5.41) is 43.2. The number of aliphatic hydroxyl groups excluding tert-OH is 4. The quantitative estimate of drug-likeness (QED) is 0.226. The standard InChI is InChI=1S/C16H28N2O11/c1-5-8(18-6(2)20)12(9(21)7(4-19)26-5)27-16-11(23)10(22)13(25-3)14(28-16)15(24)29-17/h5,7-14,16,19,21-23H,4,17H2,1-3H3,(H,18,20)/t5-,7?,8?,9?,10?,11?,12?,13?,14?,16?/m1/s1. The van der Waals surface area contributed by atoms with Crippen LogP contribution in [0, 0.1) is 0 Å². The zero-order chi connectivity index (χ0) is 21.9. The Labute approximate surface area is 166 Å². The van der Waals surface area contributed by atoms with Gasteiger partial charge in [-0.3, -0.25) is 4.79 Å². The lowest BCUT2D eigenvalue weighted by molar-refractivity contribution is -0.328. The van der Waals surface area contributed by atoms with Crippen LogP contribution >= 0.6 is 0 Å². The third-order valence-electron chi connectivity index (χ3n) is 4.97. The zero-order valence-corrected chi connectivity index (χ0v) is 16.2. The number of nitrogens with two attached hydrogens (primary N) is 1. The van der Waals surface area contributed by atoms with Crippen LogP contribution in [0.3, 0.4) is 0 Å². The van der Waals surface area contributed by atoms with Crippen molar-refractivity contribution in [3.05, 3.63) is 0 Å². The van der Waals surface area contributed by atoms with E-state index in [9.17, 15) is 30.0 Å². The highest BCUT2D eigenvalue weighted by atomic mass is 16.7. The molecule has 0 aliphatic carbocycles. The highest BCUT2D eigenvalue weighted by Gasteiger charge is 2.52. The Balaban J connectivity index is 2.28. The van der Waals surface area contributed by atoms with E-state index in [4.69, 9.17) is 24.8 Å². The van der Waals surface area contributed by atoms with Gasteiger partial charge in [-0.25, -0.2) is 4.79 Å². The molecular formula is C16H28N2O11. The summed E-state index contributed by atoms with van der Waals surface area (Å²) in [5.41, 5.74) is 0. The largest absolute Gasteiger partial charge is 0.394 e. The molecule has 0 saturated carbocycles. The molecule has 7 N–H and O–H groups in total. The van der Waals surface area contributed by atoms with Crippen LogP contribution in [-0.4, -0.2) is 107 Å². The van der Waals surface area contributed by atoms with Crippen molar-refractivity contribution in [2.45, 2.75) is 75.0 Å². The van der Waals surface area contributed by atoms with Gasteiger partial charge in [-0.05, 0) is 6.92 Å². The molecule has 2 heterocycles. The summed E-state index contributed by atoms with van der Waals surface area (Å²) < 4.78 is 21.5. The van der Waals surface area contributed by atoms with E-state index in [1.807, 2.05) is 0 Å². The second-order valence-electron chi connectivity index (χ2n) is 6.92. The molecule has 0 aromatic heterocycles. The highest BCUT2D eigenvalue weighted by Crippen LogP contribution is 2.30. The molecule has 2 rings (SSSR count). The Morgan fingerprint density at radius 3 is 2.28 bits per heavy atom. The van der Waals surface area contributed by atoms with Gasteiger partial charge in [0, 0.05) is 14.0 Å². The van der Waals surface area contributed by atoms with Crippen molar-refractivity contribution < 1.29 is 53.8 Å². The van der Waals surface area contributed by atoms with E-state index in [0.717, 1.165) is 0 Å². The SMILES string of the molecule is COC1C(C(=O)ON)OC(OC2C(O)C(CO)O[C@H](C)C2NC(C)=O)C(O)C1O. The average molecular weight is 424 g/mol. The van der Waals surface area contributed by atoms with Crippen molar-refractivity contribution in [1.29, 1.82) is 0 Å². The molecule has 0 radical (unpaired) electrons. The molecule has 0 spiro atoms. The Morgan fingerprint density at radius 2 is 1.76 bits per heavy atom. The molecule has 13 heteroatoms. The number of hydrogen-bond acceptors (Lipinski definition) is 12. The summed E-state index contributed by atoms with van der Waals surface area (Å²) in [4.78, 5) is 27.6. The number of methoxy groups -OCH3 is 1. The fourth-order valence-corrected chi connectivity index (χ4v) is 3.51. The Morgan fingerprint density at radius 1 is 1.10 bits per heavy atom. The van der Waals surface area contributed by atoms with Gasteiger partial charge < -0.3 is 49.5 Å². The maximum Gasteiger partial charge on any atom is 0.356 e. The van der Waals surface area contributed by atoms with E-state index in [0.29, 0.717) is 0 Å². The number of aliphatic hydroxyl groups is 4. The predicted molar refractivity (Wildman–Crippen MR) is 91.7 cm³/mol. The van der Waals surface area contributed by atoms with Gasteiger partial charge in [0.15, 0.2) is 12.4 Å². The lowest BCUT2D eigenvalue weighted by Gasteiger charge is -2.47. The first-order chi connectivity index (χ1) is 13.7. The zero-order valence-electron chi connectivity index (χ0n) is 16.2. The third kappa shape index (κ3) is 5.02. The van der Waals surface area contributed by atoms with Gasteiger partial charge in [-0.2, -0.15) is 5.90 Å². The van der Waals surface area contributed by atoms with Crippen molar-refractivity contribution in [3.63, 3.8) is 0 Å². The fourth-order valence-electron chi connectivity index (χ4n) is 3.51. The van der Waals surface area contributed by atoms with E-state index in [2.05, 4.69) is 10.2 Å². The minimum Gasteiger partial charge on any atom is -0.394 e. The monoisotopic (exact) mass is 424 g/mol. The van der Waals surface area contributed by atoms with Crippen LogP contribution in [0.5, 0.6) is 0 Å². The normalized spacial score (nSPS) is 42.9. The van der Waals surface area contributed by atoms with Crippen molar-refractivity contribution >= 4 is 11.9 Å². The molecule has 0 aromatic rings. The number of rotatable bonds is 6. The Hall–Kier alpha value is -1.42. The average Bonchev–Trinajstić information content (AvgIpc) is 2.69. The molecule has 2 aliphatic heterocycles. The minimum atomic E-state index is -1.68. The van der Waals surface area contributed by atoms with Crippen molar-refractivity contribution in [2.24, 2.45) is 5.90 Å². The van der Waals surface area contributed by atoms with Crippen LogP contribution in [0.15, 0.2) is 0 Å². The summed E-state index contributed by atoms with van der Waals surface area (Å²) in [5.74, 6) is 3.36. The highest BCUT2D eigenvalue weighted by molar-refractivity contribution is 5.75. The molecule has 10 atom stereocenters. The van der Waals surface area contributed by atoms with Crippen LogP contribution in [-0.2, 0) is 33.4 Å². The topological polar surface area (TPSA) is 199 Å². The second kappa shape index (κ2) is 10.1. The van der Waals surface area contributed by atoms with Gasteiger partial charge in [-0.1, -0.05) is 0 Å². The molecule has 0 aromatic carbocycles. The van der Waals surface area contributed by atoms with Crippen LogP contribution < -0.4 is 11.2 Å². The van der Waals surface area contributed by atoms with Gasteiger partial charge in [0.2, 0.25) is 5.91 Å². The number of hydrogen-bond donors (Lipinski definition) is 6. The van der Waals surface area contributed by atoms with Crippen molar-refractivity contribution in [1.82, 2.24) is 5.32 Å². The lowest BCUT2D eigenvalue weighted by atomic mass is 9.92. The first-order valence-electron chi connectivity index (χ1n) is 8.98. The molecule has 29 heavy (non-hydrogen) atoms. The second-order valence-corrected chi connectivity index (χ2v) is 6.92. The van der Waals surface area contributed by atoms with E-state index >= 15 is 0 Å². The smallest absolute Gasteiger partial charge is 0.356 e. The van der Waals surface area contributed by atoms with Gasteiger partial charge in [0.1, 0.15) is 36.6 Å². The molecule has 2 saturated heterocycles. The summed E-state index contributed by atoms with van der Waals surface area (Å²) in [6, 6.07) is -0.890. The van der Waals surface area contributed by atoms with E-state index in [1.165, 1.54) is 14.0 Å². The summed E-state index contributed by atoms with van der Waals surface area (Å²) in [6.07, 6.45) is -12.1. The van der Waals surface area contributed by atoms with Crippen molar-refractivity contribution in [2.75, 3.05) is 13.7 Å². The summed E-state index contributed by atoms with van der Waals surface area (Å²) in [7, 11) is 1.19. The van der Waals surface area contributed by atoms with Crippen LogP contribution in [0.2, 0.25) is 0 Å². The number of nitrogens with one attached hydrogen (secondary N) is 1. The number of carbonyl (C=O) groups excluding carboxylic acids is 2. The Kier molecular flexibility index (Phi) is 8.28. The van der Waals surface area contributed by atoms with E-state index < -0.39 is 79.6 Å². The lowest BCUT2D eigenvalue weighted by Crippen LogP contribution is -2.67. The summed E-state index contributed by atoms with van der Waals surface area (Å²) in [6.45, 7) is 2.30. The third-order valence-corrected chi connectivity index (χ3v) is 4.97. The molecule has 168 valence electrons. The molecule has 2 aliphatic rings. The molecular weight excluding hydrogens is 396 g/mol. The van der Waals surface area contributed by atoms with E-state index in [-0.39, 0.29) is 0 Å². The minimum absolute atomic E-state index is 0.442. The van der Waals surface area contributed by atoms with Crippen LogP contribution in [0.4, 0.5) is 0 Å². The Bertz CT molecular complexity index is 579. The molecule has 13 nitrogen and oxygen atoms in total. The maximum absolute atomic E-state index is 11.9. The molecule has 1 amide bonds. The maximum atomic E-state index is 11.9. The van der Waals surface area contributed by atoms with Gasteiger partial charge in [0.25, 0.3) is 0 Å². The van der Waals surface area contributed by atoms with Gasteiger partial charge in [-0.15, -0.1) is 0 Å². The van der Waals surface area contributed by atoms with Gasteiger partial charge in [0.05, 0.1) is 18.8 Å². The summed E-state index contributed by atoms with van der Waals surface area (Å²) >= 11 is 0. The molecule has 2 fully saturated rings. The number of amides is 1. The van der Waals surface area contributed by atoms with Gasteiger partial charge >= 0.3 is 5.97 Å². The first-order valence-corrected chi connectivity index (χ1v) is 8.98.